The van der Waals surface area contributed by atoms with Crippen LogP contribution in [0.2, 0.25) is 0 Å². The van der Waals surface area contributed by atoms with Crippen molar-refractivity contribution in [1.29, 1.82) is 0 Å². The Hall–Kier alpha value is -1.10. The smallest absolute Gasteiger partial charge is 0.323 e. The predicted octanol–water partition coefficient (Wildman–Crippen LogP) is -0.328. The Balaban J connectivity index is 2.63. The fourth-order valence-corrected chi connectivity index (χ4v) is 1.69. The molecule has 0 aromatic carbocycles. The fourth-order valence-electron chi connectivity index (χ4n) is 1.69. The Bertz CT molecular complexity index is 230. The number of nitrogens with one attached hydrogen (secondary N) is 1. The number of rotatable bonds is 3. The second-order valence-corrected chi connectivity index (χ2v) is 3.49. The van der Waals surface area contributed by atoms with Crippen LogP contribution >= 0.6 is 0 Å². The molecule has 0 radical (unpaired) electrons. The van der Waals surface area contributed by atoms with Gasteiger partial charge in [0.15, 0.2) is 0 Å². The van der Waals surface area contributed by atoms with E-state index < -0.39 is 5.97 Å². The molecular formula is C9H16N2O3. The highest BCUT2D eigenvalue weighted by molar-refractivity contribution is 5.85. The van der Waals surface area contributed by atoms with Crippen molar-refractivity contribution in [2.24, 2.45) is 0 Å². The number of amides is 1. The number of carbonyl (C=O) groups excluding carboxylic acids is 1. The highest BCUT2D eigenvalue weighted by Crippen LogP contribution is 2.11. The molecule has 0 unspecified atom stereocenters. The molecule has 0 spiro atoms. The van der Waals surface area contributed by atoms with Gasteiger partial charge in [-0.1, -0.05) is 0 Å². The molecule has 1 atom stereocenters. The van der Waals surface area contributed by atoms with Crippen molar-refractivity contribution >= 4 is 11.9 Å². The molecule has 0 saturated carbocycles. The molecule has 1 rings (SSSR count). The summed E-state index contributed by atoms with van der Waals surface area (Å²) in [6, 6.07) is -0.211. The Kier molecular flexibility index (Phi) is 3.88. The minimum absolute atomic E-state index is 0.0904. The summed E-state index contributed by atoms with van der Waals surface area (Å²) in [7, 11) is 1.73. The van der Waals surface area contributed by atoms with Crippen molar-refractivity contribution in [3.63, 3.8) is 0 Å². The van der Waals surface area contributed by atoms with Crippen LogP contribution in [0.25, 0.3) is 0 Å². The van der Waals surface area contributed by atoms with Crippen molar-refractivity contribution in [3.8, 4) is 0 Å². The standard InChI is InChI=1S/C9H16N2O3/c1-10-7-4-2-3-5-11(9(7)14)6-8(12)13/h7,10H,2-6H2,1H3,(H,12,13)/t7-/m0/s1. The maximum Gasteiger partial charge on any atom is 0.323 e. The molecule has 5 heteroatoms. The molecule has 0 bridgehead atoms. The molecule has 1 heterocycles. The molecular weight excluding hydrogens is 184 g/mol. The van der Waals surface area contributed by atoms with E-state index in [2.05, 4.69) is 5.32 Å². The zero-order chi connectivity index (χ0) is 10.6. The number of nitrogens with zero attached hydrogens (tertiary/aromatic N) is 1. The lowest BCUT2D eigenvalue weighted by molar-refractivity contribution is -0.144. The van der Waals surface area contributed by atoms with Gasteiger partial charge in [-0.25, -0.2) is 0 Å². The van der Waals surface area contributed by atoms with Gasteiger partial charge in [0.25, 0.3) is 0 Å². The Morgan fingerprint density at radius 3 is 2.93 bits per heavy atom. The van der Waals surface area contributed by atoms with Crippen LogP contribution in [0.4, 0.5) is 0 Å². The molecule has 1 amide bonds. The van der Waals surface area contributed by atoms with E-state index in [1.807, 2.05) is 0 Å². The van der Waals surface area contributed by atoms with Crippen LogP contribution in [0.1, 0.15) is 19.3 Å². The quantitative estimate of drug-likeness (QED) is 0.654. The number of carbonyl (C=O) groups is 2. The van der Waals surface area contributed by atoms with Gasteiger partial charge in [0.2, 0.25) is 5.91 Å². The van der Waals surface area contributed by atoms with Crippen LogP contribution in [-0.4, -0.2) is 48.1 Å². The van der Waals surface area contributed by atoms with Gasteiger partial charge in [-0.05, 0) is 26.3 Å². The lowest BCUT2D eigenvalue weighted by Crippen LogP contribution is -2.45. The SMILES string of the molecule is CN[C@H]1CCCCN(CC(=O)O)C1=O. The largest absolute Gasteiger partial charge is 0.480 e. The third kappa shape index (κ3) is 2.70. The molecule has 0 aromatic heterocycles. The molecule has 2 N–H and O–H groups in total. The average Bonchev–Trinajstić information content (AvgIpc) is 2.29. The number of likely N-dealkylation sites (tertiary alicyclic amines) is 1. The Morgan fingerprint density at radius 1 is 1.64 bits per heavy atom. The first-order chi connectivity index (χ1) is 6.65. The van der Waals surface area contributed by atoms with Crippen molar-refractivity contribution < 1.29 is 14.7 Å². The third-order valence-electron chi connectivity index (χ3n) is 2.46. The molecule has 1 aliphatic rings. The van der Waals surface area contributed by atoms with Crippen molar-refractivity contribution in [3.05, 3.63) is 0 Å². The highest BCUT2D eigenvalue weighted by atomic mass is 16.4. The summed E-state index contributed by atoms with van der Waals surface area (Å²) in [5.74, 6) is -1.04. The highest BCUT2D eigenvalue weighted by Gasteiger charge is 2.26. The molecule has 1 saturated heterocycles. The number of carboxylic acids is 1. The van der Waals surface area contributed by atoms with E-state index in [0.717, 1.165) is 19.3 Å². The van der Waals surface area contributed by atoms with Crippen LogP contribution in [0.15, 0.2) is 0 Å². The van der Waals surface area contributed by atoms with Gasteiger partial charge in [-0.15, -0.1) is 0 Å². The minimum atomic E-state index is -0.949. The van der Waals surface area contributed by atoms with Crippen LogP contribution in [0.3, 0.4) is 0 Å². The fraction of sp³-hybridized carbons (Fsp3) is 0.778. The van der Waals surface area contributed by atoms with Crippen LogP contribution in [0.5, 0.6) is 0 Å². The third-order valence-corrected chi connectivity index (χ3v) is 2.46. The summed E-state index contributed by atoms with van der Waals surface area (Å²) in [4.78, 5) is 23.6. The van der Waals surface area contributed by atoms with Gasteiger partial charge in [0, 0.05) is 6.54 Å². The van der Waals surface area contributed by atoms with Crippen molar-refractivity contribution in [2.45, 2.75) is 25.3 Å². The van der Waals surface area contributed by atoms with Crippen molar-refractivity contribution in [2.75, 3.05) is 20.1 Å². The maximum atomic E-state index is 11.7. The summed E-state index contributed by atoms with van der Waals surface area (Å²) in [6.45, 7) is 0.375. The number of hydrogen-bond donors (Lipinski definition) is 2. The van der Waals surface area contributed by atoms with E-state index in [0.29, 0.717) is 6.54 Å². The average molecular weight is 200 g/mol. The lowest BCUT2D eigenvalue weighted by Gasteiger charge is -2.21. The minimum Gasteiger partial charge on any atom is -0.480 e. The first-order valence-electron chi connectivity index (χ1n) is 4.83. The Morgan fingerprint density at radius 2 is 2.36 bits per heavy atom. The summed E-state index contributed by atoms with van der Waals surface area (Å²) in [5, 5.41) is 11.5. The molecule has 1 fully saturated rings. The first-order valence-corrected chi connectivity index (χ1v) is 4.83. The van der Waals surface area contributed by atoms with Gasteiger partial charge in [0.05, 0.1) is 6.04 Å². The first kappa shape index (κ1) is 11.0. The van der Waals surface area contributed by atoms with E-state index in [1.54, 1.807) is 7.05 Å². The monoisotopic (exact) mass is 200 g/mol. The predicted molar refractivity (Wildman–Crippen MR) is 50.9 cm³/mol. The van der Waals surface area contributed by atoms with Crippen LogP contribution < -0.4 is 5.32 Å². The summed E-state index contributed by atoms with van der Waals surface area (Å²) in [5.41, 5.74) is 0. The maximum absolute atomic E-state index is 11.7. The number of hydrogen-bond acceptors (Lipinski definition) is 3. The topological polar surface area (TPSA) is 69.6 Å². The van der Waals surface area contributed by atoms with Gasteiger partial charge in [-0.2, -0.15) is 0 Å². The lowest BCUT2D eigenvalue weighted by atomic mass is 10.1. The summed E-state index contributed by atoms with van der Waals surface area (Å²) >= 11 is 0. The van der Waals surface area contributed by atoms with E-state index in [9.17, 15) is 9.59 Å². The number of aliphatic carboxylic acids is 1. The number of carboxylic acid groups (broad SMARTS) is 1. The summed E-state index contributed by atoms with van der Waals surface area (Å²) in [6.07, 6.45) is 2.65. The van der Waals surface area contributed by atoms with Gasteiger partial charge < -0.3 is 15.3 Å². The molecule has 5 nitrogen and oxygen atoms in total. The zero-order valence-corrected chi connectivity index (χ0v) is 8.32. The second-order valence-electron chi connectivity index (χ2n) is 3.49. The molecule has 0 aromatic rings. The van der Waals surface area contributed by atoms with Crippen LogP contribution in [0, 0.1) is 0 Å². The van der Waals surface area contributed by atoms with E-state index in [4.69, 9.17) is 5.11 Å². The molecule has 1 aliphatic heterocycles. The zero-order valence-electron chi connectivity index (χ0n) is 8.32. The van der Waals surface area contributed by atoms with Gasteiger partial charge in [0.1, 0.15) is 6.54 Å². The molecule has 14 heavy (non-hydrogen) atoms. The molecule has 80 valence electrons. The van der Waals surface area contributed by atoms with E-state index in [-0.39, 0.29) is 18.5 Å². The Labute approximate surface area is 83.1 Å². The summed E-state index contributed by atoms with van der Waals surface area (Å²) < 4.78 is 0. The molecule has 0 aliphatic carbocycles. The van der Waals surface area contributed by atoms with E-state index >= 15 is 0 Å². The van der Waals surface area contributed by atoms with Crippen molar-refractivity contribution in [1.82, 2.24) is 10.2 Å². The van der Waals surface area contributed by atoms with E-state index in [1.165, 1.54) is 4.90 Å². The normalized spacial score (nSPS) is 23.4. The van der Waals surface area contributed by atoms with Gasteiger partial charge in [-0.3, -0.25) is 9.59 Å². The van der Waals surface area contributed by atoms with Gasteiger partial charge >= 0.3 is 5.97 Å². The number of likely N-dealkylation sites (N-methyl/N-ethyl adjacent to an activating group) is 1. The van der Waals surface area contributed by atoms with Crippen LogP contribution in [-0.2, 0) is 9.59 Å². The second kappa shape index (κ2) is 4.95.